The van der Waals surface area contributed by atoms with Crippen LogP contribution in [0.5, 0.6) is 0 Å². The number of imide groups is 1. The number of carbonyl (C=O) groups excluding carboxylic acids is 2. The van der Waals surface area contributed by atoms with Gasteiger partial charge in [0, 0.05) is 75.6 Å². The van der Waals surface area contributed by atoms with Gasteiger partial charge in [-0.2, -0.15) is 10.1 Å². The summed E-state index contributed by atoms with van der Waals surface area (Å²) in [5.74, 6) is -2.82. The number of fused-ring (bicyclic) bond motifs is 3. The number of rotatable bonds is 8. The van der Waals surface area contributed by atoms with Crippen LogP contribution in [-0.2, 0) is 21.4 Å². The minimum absolute atomic E-state index is 0.0871. The average molecular weight is 959 g/mol. The highest BCUT2D eigenvalue weighted by molar-refractivity contribution is 6.33. The zero-order valence-electron chi connectivity index (χ0n) is 38.7. The Bertz CT molecular complexity index is 2680. The molecule has 5 fully saturated rings. The number of aromatic nitrogens is 4. The molecule has 0 radical (unpaired) electrons. The Kier molecular flexibility index (Phi) is 11.5. The fourth-order valence-corrected chi connectivity index (χ4v) is 12.0. The molecule has 1 spiro atoms. The molecule has 4 saturated heterocycles. The number of hydrogen-bond donors (Lipinski definition) is 4. The van der Waals surface area contributed by atoms with Gasteiger partial charge in [0.15, 0.2) is 30.2 Å². The SMILES string of the molecule is C[C@@H]1CN(c2ccc3c(C4CCC(=O)NC4=O)nn(C)c3c2F)CC[C@H]1CN1CCC2(CC1)CCN(c1ncc(Cl)c(Nc3ccc4c(c3)C3=C(OCC(F)(F)[C@H](C5CC5)N3)C(O)N4C)n1)CC2. The molecule has 6 aliphatic heterocycles. The summed E-state index contributed by atoms with van der Waals surface area (Å²) in [6.45, 7) is 7.81. The highest BCUT2D eigenvalue weighted by Gasteiger charge is 2.52. The van der Waals surface area contributed by atoms with E-state index in [4.69, 9.17) is 21.3 Å². The Morgan fingerprint density at radius 3 is 2.46 bits per heavy atom. The molecule has 2 aromatic heterocycles. The molecule has 0 bridgehead atoms. The van der Waals surface area contributed by atoms with E-state index >= 15 is 13.2 Å². The average Bonchev–Trinajstić information content (AvgIpc) is 4.12. The molecule has 4 N–H and O–H groups in total. The summed E-state index contributed by atoms with van der Waals surface area (Å²) >= 11 is 6.69. The smallest absolute Gasteiger partial charge is 0.301 e. The zero-order chi connectivity index (χ0) is 47.2. The van der Waals surface area contributed by atoms with Crippen molar-refractivity contribution in [1.82, 2.24) is 35.3 Å². The van der Waals surface area contributed by atoms with Gasteiger partial charge in [0.2, 0.25) is 17.8 Å². The molecule has 1 aliphatic carbocycles. The van der Waals surface area contributed by atoms with E-state index in [-0.39, 0.29) is 41.1 Å². The number of likely N-dealkylation sites (N-methyl/N-ethyl adjacent to an activating group) is 1. The largest absolute Gasteiger partial charge is 0.485 e. The number of anilines is 5. The fourth-order valence-electron chi connectivity index (χ4n) is 11.8. The second-order valence-corrected chi connectivity index (χ2v) is 20.9. The van der Waals surface area contributed by atoms with E-state index in [9.17, 15) is 14.7 Å². The van der Waals surface area contributed by atoms with Crippen LogP contribution < -0.4 is 30.7 Å². The van der Waals surface area contributed by atoms with Crippen LogP contribution in [0.3, 0.4) is 0 Å². The second kappa shape index (κ2) is 17.3. The Labute approximate surface area is 398 Å². The molecule has 15 nitrogen and oxygen atoms in total. The molecular formula is C49H59ClF3N11O4. The molecule has 4 aromatic rings. The van der Waals surface area contributed by atoms with Crippen molar-refractivity contribution < 1.29 is 32.6 Å². The van der Waals surface area contributed by atoms with Crippen LogP contribution in [0.15, 0.2) is 42.3 Å². The minimum Gasteiger partial charge on any atom is -0.485 e. The number of nitrogens with one attached hydrogen (secondary N) is 3. The summed E-state index contributed by atoms with van der Waals surface area (Å²) in [7, 11) is 3.41. The van der Waals surface area contributed by atoms with Crippen molar-refractivity contribution in [2.45, 2.75) is 88.8 Å². The van der Waals surface area contributed by atoms with Crippen LogP contribution in [-0.4, -0.2) is 119 Å². The molecule has 2 unspecified atom stereocenters. The van der Waals surface area contributed by atoms with Gasteiger partial charge in [-0.25, -0.2) is 18.2 Å². The van der Waals surface area contributed by atoms with E-state index in [2.05, 4.69) is 47.7 Å². The van der Waals surface area contributed by atoms with Crippen molar-refractivity contribution in [3.8, 4) is 0 Å². The van der Waals surface area contributed by atoms with Crippen LogP contribution in [0.2, 0.25) is 5.02 Å². The summed E-state index contributed by atoms with van der Waals surface area (Å²) < 4.78 is 53.9. The van der Waals surface area contributed by atoms with Crippen molar-refractivity contribution in [3.63, 3.8) is 0 Å². The Hall–Kier alpha value is -5.33. The predicted octanol–water partition coefficient (Wildman–Crippen LogP) is 6.74. The highest BCUT2D eigenvalue weighted by atomic mass is 35.5. The summed E-state index contributed by atoms with van der Waals surface area (Å²) in [6.07, 6.45) is 7.79. The monoisotopic (exact) mass is 957 g/mol. The summed E-state index contributed by atoms with van der Waals surface area (Å²) in [4.78, 5) is 42.6. The van der Waals surface area contributed by atoms with Gasteiger partial charge in [0.1, 0.15) is 10.5 Å². The minimum atomic E-state index is -3.09. The number of benzene rings is 2. The number of halogens is 4. The van der Waals surface area contributed by atoms with Gasteiger partial charge in [-0.1, -0.05) is 18.5 Å². The normalized spacial score (nSPS) is 27.4. The van der Waals surface area contributed by atoms with Gasteiger partial charge in [0.05, 0.1) is 35.2 Å². The number of piperidine rings is 4. The van der Waals surface area contributed by atoms with Crippen LogP contribution >= 0.6 is 11.6 Å². The van der Waals surface area contributed by atoms with Crippen molar-refractivity contribution >= 4 is 68.8 Å². The summed E-state index contributed by atoms with van der Waals surface area (Å²) in [5.41, 5.74) is 4.07. The molecule has 5 atom stereocenters. The molecule has 68 heavy (non-hydrogen) atoms. The third-order valence-electron chi connectivity index (χ3n) is 16.2. The number of ether oxygens (including phenoxy) is 1. The molecule has 2 amide bonds. The Balaban J connectivity index is 0.691. The number of nitrogens with zero attached hydrogens (tertiary/aromatic N) is 8. The van der Waals surface area contributed by atoms with E-state index in [1.807, 2.05) is 30.3 Å². The lowest BCUT2D eigenvalue weighted by Crippen LogP contribution is -2.49. The zero-order valence-corrected chi connectivity index (χ0v) is 39.5. The lowest BCUT2D eigenvalue weighted by molar-refractivity contribution is -0.134. The molecule has 2 aromatic carbocycles. The standard InChI is InChI=1S/C49H59ClF3N11O4/c1-27-24-64(36-10-7-31-39(59-61(3)41(31)38(36)51)32-8-11-37(65)56-45(32)66)17-12-29(27)25-62-18-13-48(14-19-62)15-20-63(21-16-48)47-54-23-34(50)44(58-47)55-30-6-9-35-33(22-30)40-42(46(67)60(35)2)68-26-49(52,53)43(57-40)28-4-5-28/h6-7,9-10,22-23,27-29,32,43,46,57,67H,4-5,8,11-21,24-26H2,1-3H3,(H,54,55,58)(H,56,65,66)/t27-,29+,32?,43+,46?/m1/s1. The van der Waals surface area contributed by atoms with Crippen LogP contribution in [0.25, 0.3) is 16.6 Å². The van der Waals surface area contributed by atoms with Gasteiger partial charge >= 0.3 is 5.92 Å². The Morgan fingerprint density at radius 1 is 0.971 bits per heavy atom. The molecule has 8 heterocycles. The number of aliphatic hydroxyl groups is 1. The van der Waals surface area contributed by atoms with Crippen molar-refractivity contribution in [1.29, 1.82) is 0 Å². The van der Waals surface area contributed by atoms with Crippen molar-refractivity contribution in [3.05, 3.63) is 64.4 Å². The van der Waals surface area contributed by atoms with Crippen LogP contribution in [0, 0.1) is 29.0 Å². The van der Waals surface area contributed by atoms with Crippen molar-refractivity contribution in [2.24, 2.45) is 30.2 Å². The first kappa shape index (κ1) is 45.1. The molecular weight excluding hydrogens is 899 g/mol. The second-order valence-electron chi connectivity index (χ2n) is 20.5. The maximum atomic E-state index is 16.3. The highest BCUT2D eigenvalue weighted by Crippen LogP contribution is 2.47. The number of aliphatic hydroxyl groups excluding tert-OH is 1. The van der Waals surface area contributed by atoms with Gasteiger partial charge in [-0.3, -0.25) is 19.6 Å². The molecule has 1 saturated carbocycles. The van der Waals surface area contributed by atoms with Gasteiger partial charge in [-0.05, 0) is 118 Å². The van der Waals surface area contributed by atoms with Crippen LogP contribution in [0.4, 0.5) is 42.0 Å². The maximum absolute atomic E-state index is 16.3. The quantitative estimate of drug-likeness (QED) is 0.138. The van der Waals surface area contributed by atoms with Gasteiger partial charge in [-0.15, -0.1) is 0 Å². The third kappa shape index (κ3) is 8.16. The number of carbonyl (C=O) groups is 2. The molecule has 11 rings (SSSR count). The summed E-state index contributed by atoms with van der Waals surface area (Å²) in [5, 5.41) is 25.5. The lowest BCUT2D eigenvalue weighted by Gasteiger charge is -2.48. The lowest BCUT2D eigenvalue weighted by atomic mass is 9.71. The number of aryl methyl sites for hydroxylation is 1. The fraction of sp³-hybridized carbons (Fsp3) is 0.571. The first-order valence-corrected chi connectivity index (χ1v) is 24.6. The van der Waals surface area contributed by atoms with E-state index in [1.165, 1.54) is 4.68 Å². The number of likely N-dealkylation sites (tertiary alicyclic amines) is 1. The first-order chi connectivity index (χ1) is 32.6. The first-order valence-electron chi connectivity index (χ1n) is 24.2. The maximum Gasteiger partial charge on any atom is 0.301 e. The number of hydrogen-bond acceptors (Lipinski definition) is 13. The molecule has 19 heteroatoms. The van der Waals surface area contributed by atoms with E-state index in [0.717, 1.165) is 90.8 Å². The van der Waals surface area contributed by atoms with Gasteiger partial charge in [0.25, 0.3) is 0 Å². The van der Waals surface area contributed by atoms with Crippen LogP contribution in [0.1, 0.15) is 81.9 Å². The van der Waals surface area contributed by atoms with E-state index in [1.54, 1.807) is 25.2 Å². The molecule has 362 valence electrons. The number of alkyl halides is 2. The summed E-state index contributed by atoms with van der Waals surface area (Å²) in [6, 6.07) is 8.16. The molecule has 7 aliphatic rings. The van der Waals surface area contributed by atoms with E-state index < -0.39 is 30.7 Å². The Morgan fingerprint density at radius 2 is 1.72 bits per heavy atom. The van der Waals surface area contributed by atoms with Gasteiger partial charge < -0.3 is 40.1 Å². The third-order valence-corrected chi connectivity index (χ3v) is 16.5. The van der Waals surface area contributed by atoms with Crippen molar-refractivity contribution in [2.75, 3.05) is 79.5 Å². The number of amides is 2. The topological polar surface area (TPSA) is 156 Å². The predicted molar refractivity (Wildman–Crippen MR) is 253 cm³/mol. The van der Waals surface area contributed by atoms with E-state index in [0.29, 0.717) is 80.0 Å².